The highest BCUT2D eigenvalue weighted by Crippen LogP contribution is 2.24. The Morgan fingerprint density at radius 3 is 2.50 bits per heavy atom. The lowest BCUT2D eigenvalue weighted by Gasteiger charge is -2.03. The van der Waals surface area contributed by atoms with Gasteiger partial charge in [-0.05, 0) is 26.0 Å². The van der Waals surface area contributed by atoms with E-state index in [4.69, 9.17) is 5.11 Å². The molecule has 16 heavy (non-hydrogen) atoms. The second-order valence-corrected chi connectivity index (χ2v) is 4.98. The Morgan fingerprint density at radius 1 is 1.38 bits per heavy atom. The van der Waals surface area contributed by atoms with Gasteiger partial charge < -0.3 is 5.11 Å². The molecule has 0 amide bonds. The van der Waals surface area contributed by atoms with Gasteiger partial charge >= 0.3 is 5.97 Å². The van der Waals surface area contributed by atoms with Crippen LogP contribution in [0.4, 0.5) is 0 Å². The Bertz CT molecular complexity index is 448. The van der Waals surface area contributed by atoms with Crippen molar-refractivity contribution in [1.82, 2.24) is 0 Å². The van der Waals surface area contributed by atoms with E-state index >= 15 is 0 Å². The fraction of sp³-hybridized carbons (Fsp3) is 0.333. The van der Waals surface area contributed by atoms with E-state index in [1.165, 1.54) is 22.9 Å². The highest BCUT2D eigenvalue weighted by molar-refractivity contribution is 8.14. The van der Waals surface area contributed by atoms with Crippen molar-refractivity contribution >= 4 is 22.8 Å². The number of aryl methyl sites for hydroxylation is 2. The number of hydrogen-bond donors (Lipinski definition) is 1. The first-order chi connectivity index (χ1) is 7.56. The zero-order chi connectivity index (χ0) is 11.7. The molecule has 1 aliphatic rings. The highest BCUT2D eigenvalue weighted by atomic mass is 32.2. The van der Waals surface area contributed by atoms with Gasteiger partial charge in [0.1, 0.15) is 0 Å². The lowest BCUT2D eigenvalue weighted by atomic mass is 10.1. The molecule has 1 aromatic rings. The predicted molar refractivity (Wildman–Crippen MR) is 66.3 cm³/mol. The minimum Gasteiger partial charge on any atom is -0.480 e. The van der Waals surface area contributed by atoms with Crippen molar-refractivity contribution in [3.05, 3.63) is 34.9 Å². The molecule has 0 spiro atoms. The summed E-state index contributed by atoms with van der Waals surface area (Å²) in [7, 11) is 0. The fourth-order valence-electron chi connectivity index (χ4n) is 1.76. The Kier molecular flexibility index (Phi) is 3.01. The van der Waals surface area contributed by atoms with Crippen molar-refractivity contribution in [2.24, 2.45) is 4.99 Å². The van der Waals surface area contributed by atoms with E-state index in [2.05, 4.69) is 11.1 Å². The minimum atomic E-state index is -0.841. The Hall–Kier alpha value is -1.29. The van der Waals surface area contributed by atoms with E-state index in [-0.39, 0.29) is 0 Å². The predicted octanol–water partition coefficient (Wildman–Crippen LogP) is 2.25. The van der Waals surface area contributed by atoms with Gasteiger partial charge in [0.25, 0.3) is 0 Å². The standard InChI is InChI=1S/C12H13NO2S/c1-7-3-8(2)5-9(4-7)11-13-10(6-16-11)12(14)15/h3-5,10H,6H2,1-2H3,(H,14,15). The zero-order valence-electron chi connectivity index (χ0n) is 9.23. The molecule has 0 fully saturated rings. The maximum atomic E-state index is 10.8. The first-order valence-corrected chi connectivity index (χ1v) is 6.07. The van der Waals surface area contributed by atoms with Gasteiger partial charge in [-0.15, -0.1) is 11.8 Å². The summed E-state index contributed by atoms with van der Waals surface area (Å²) in [6, 6.07) is 5.60. The van der Waals surface area contributed by atoms with Crippen molar-refractivity contribution in [2.45, 2.75) is 19.9 Å². The molecule has 3 nitrogen and oxygen atoms in total. The number of carboxylic acids is 1. The fourth-order valence-corrected chi connectivity index (χ4v) is 2.78. The van der Waals surface area contributed by atoms with Crippen LogP contribution in [0.1, 0.15) is 16.7 Å². The monoisotopic (exact) mass is 235 g/mol. The molecule has 0 aliphatic carbocycles. The van der Waals surface area contributed by atoms with E-state index in [0.29, 0.717) is 5.75 Å². The Morgan fingerprint density at radius 2 is 2.00 bits per heavy atom. The van der Waals surface area contributed by atoms with Crippen LogP contribution in [0.2, 0.25) is 0 Å². The second-order valence-electron chi connectivity index (χ2n) is 3.98. The molecule has 1 aliphatic heterocycles. The summed E-state index contributed by atoms with van der Waals surface area (Å²) < 4.78 is 0. The summed E-state index contributed by atoms with van der Waals surface area (Å²) in [5, 5.41) is 9.71. The summed E-state index contributed by atoms with van der Waals surface area (Å²) in [5.41, 5.74) is 3.39. The van der Waals surface area contributed by atoms with E-state index in [1.807, 2.05) is 26.0 Å². The van der Waals surface area contributed by atoms with Crippen LogP contribution >= 0.6 is 11.8 Å². The molecule has 4 heteroatoms. The molecule has 84 valence electrons. The van der Waals surface area contributed by atoms with E-state index in [1.54, 1.807) is 0 Å². The Labute approximate surface area is 98.6 Å². The normalized spacial score (nSPS) is 19.6. The average molecular weight is 235 g/mol. The van der Waals surface area contributed by atoms with Crippen molar-refractivity contribution < 1.29 is 9.90 Å². The van der Waals surface area contributed by atoms with Gasteiger partial charge in [0.15, 0.2) is 6.04 Å². The smallest absolute Gasteiger partial charge is 0.329 e. The molecule has 0 bridgehead atoms. The number of thioether (sulfide) groups is 1. The molecular weight excluding hydrogens is 222 g/mol. The third-order valence-electron chi connectivity index (χ3n) is 2.40. The van der Waals surface area contributed by atoms with E-state index in [0.717, 1.165) is 10.6 Å². The molecule has 0 aromatic heterocycles. The number of carboxylic acid groups (broad SMARTS) is 1. The van der Waals surface area contributed by atoms with Crippen molar-refractivity contribution in [3.8, 4) is 0 Å². The van der Waals surface area contributed by atoms with Gasteiger partial charge in [-0.2, -0.15) is 0 Å². The van der Waals surface area contributed by atoms with Crippen LogP contribution in [0.15, 0.2) is 23.2 Å². The van der Waals surface area contributed by atoms with Crippen LogP contribution in [0.5, 0.6) is 0 Å². The summed E-state index contributed by atoms with van der Waals surface area (Å²) in [6.45, 7) is 4.07. The van der Waals surface area contributed by atoms with Crippen LogP contribution in [0.3, 0.4) is 0 Å². The third-order valence-corrected chi connectivity index (χ3v) is 3.50. The van der Waals surface area contributed by atoms with E-state index < -0.39 is 12.0 Å². The summed E-state index contributed by atoms with van der Waals surface area (Å²) in [4.78, 5) is 15.0. The molecule has 1 atom stereocenters. The third kappa shape index (κ3) is 2.27. The van der Waals surface area contributed by atoms with Gasteiger partial charge in [-0.25, -0.2) is 4.79 Å². The largest absolute Gasteiger partial charge is 0.480 e. The van der Waals surface area contributed by atoms with E-state index in [9.17, 15) is 4.79 Å². The molecule has 0 saturated heterocycles. The highest BCUT2D eigenvalue weighted by Gasteiger charge is 2.25. The average Bonchev–Trinajstić information content (AvgIpc) is 2.64. The quantitative estimate of drug-likeness (QED) is 0.855. The summed E-state index contributed by atoms with van der Waals surface area (Å²) >= 11 is 1.52. The molecule has 2 rings (SSSR count). The first kappa shape index (κ1) is 11.2. The number of carbonyl (C=O) groups is 1. The number of hydrogen-bond acceptors (Lipinski definition) is 3. The van der Waals surface area contributed by atoms with Crippen molar-refractivity contribution in [3.63, 3.8) is 0 Å². The molecule has 0 radical (unpaired) electrons. The van der Waals surface area contributed by atoms with Gasteiger partial charge in [0.2, 0.25) is 0 Å². The molecule has 1 heterocycles. The lowest BCUT2D eigenvalue weighted by molar-refractivity contribution is -0.137. The van der Waals surface area contributed by atoms with Crippen molar-refractivity contribution in [1.29, 1.82) is 0 Å². The topological polar surface area (TPSA) is 49.7 Å². The molecule has 1 aromatic carbocycles. The van der Waals surface area contributed by atoms with Gasteiger partial charge in [0.05, 0.1) is 5.04 Å². The molecule has 1 unspecified atom stereocenters. The van der Waals surface area contributed by atoms with Crippen LogP contribution in [0, 0.1) is 13.8 Å². The number of benzene rings is 1. The summed E-state index contributed by atoms with van der Waals surface area (Å²) in [6.07, 6.45) is 0. The minimum absolute atomic E-state index is 0.539. The molecular formula is C12H13NO2S. The Balaban J connectivity index is 2.32. The number of aliphatic imine (C=N–C) groups is 1. The number of aliphatic carboxylic acids is 1. The molecule has 0 saturated carbocycles. The van der Waals surface area contributed by atoms with Crippen LogP contribution < -0.4 is 0 Å². The number of rotatable bonds is 2. The van der Waals surface area contributed by atoms with Crippen molar-refractivity contribution in [2.75, 3.05) is 5.75 Å². The lowest BCUT2D eigenvalue weighted by Crippen LogP contribution is -2.17. The SMILES string of the molecule is Cc1cc(C)cc(C2=NC(C(=O)O)CS2)c1. The van der Waals surface area contributed by atoms with Crippen LogP contribution in [0.25, 0.3) is 0 Å². The summed E-state index contributed by atoms with van der Waals surface area (Å²) in [5.74, 6) is -0.302. The number of nitrogens with zero attached hydrogens (tertiary/aromatic N) is 1. The molecule has 1 N–H and O–H groups in total. The first-order valence-electron chi connectivity index (χ1n) is 5.08. The van der Waals surface area contributed by atoms with Gasteiger partial charge in [0, 0.05) is 11.3 Å². The van der Waals surface area contributed by atoms with Gasteiger partial charge in [-0.3, -0.25) is 4.99 Å². The van der Waals surface area contributed by atoms with Crippen LogP contribution in [-0.4, -0.2) is 27.9 Å². The van der Waals surface area contributed by atoms with Gasteiger partial charge in [-0.1, -0.05) is 17.2 Å². The second kappa shape index (κ2) is 4.29. The zero-order valence-corrected chi connectivity index (χ0v) is 10.0. The maximum Gasteiger partial charge on any atom is 0.329 e. The van der Waals surface area contributed by atoms with Crippen LogP contribution in [-0.2, 0) is 4.79 Å². The maximum absolute atomic E-state index is 10.8.